The number of amides is 1. The molecule has 1 aliphatic heterocycles. The van der Waals surface area contributed by atoms with E-state index in [-0.39, 0.29) is 11.8 Å². The van der Waals surface area contributed by atoms with Crippen LogP contribution in [0.15, 0.2) is 54.6 Å². The van der Waals surface area contributed by atoms with Crippen molar-refractivity contribution < 1.29 is 4.79 Å². The molecule has 0 saturated carbocycles. The molecule has 2 heterocycles. The minimum absolute atomic E-state index is 0.0341. The van der Waals surface area contributed by atoms with Gasteiger partial charge >= 0.3 is 0 Å². The molecule has 1 N–H and O–H groups in total. The normalized spacial score (nSPS) is 16.6. The van der Waals surface area contributed by atoms with E-state index in [0.29, 0.717) is 0 Å². The zero-order valence-corrected chi connectivity index (χ0v) is 15.8. The highest BCUT2D eigenvalue weighted by Crippen LogP contribution is 2.23. The molecule has 1 saturated heterocycles. The SMILES string of the molecule is CCC(C(=O)N1CCN(Cc2nc3ccccc3[nH]2)CC1)c1ccccc1. The summed E-state index contributed by atoms with van der Waals surface area (Å²) in [5.41, 5.74) is 3.21. The summed E-state index contributed by atoms with van der Waals surface area (Å²) >= 11 is 0. The number of H-pyrrole nitrogens is 1. The molecule has 1 amide bonds. The topological polar surface area (TPSA) is 52.2 Å². The summed E-state index contributed by atoms with van der Waals surface area (Å²) in [7, 11) is 0. The Morgan fingerprint density at radius 2 is 1.74 bits per heavy atom. The molecule has 5 nitrogen and oxygen atoms in total. The third-order valence-corrected chi connectivity index (χ3v) is 5.40. The van der Waals surface area contributed by atoms with Crippen LogP contribution in [0.2, 0.25) is 0 Å². The summed E-state index contributed by atoms with van der Waals surface area (Å²) in [5.74, 6) is 1.21. The van der Waals surface area contributed by atoms with Crippen molar-refractivity contribution in [3.63, 3.8) is 0 Å². The van der Waals surface area contributed by atoms with Crippen molar-refractivity contribution in [2.24, 2.45) is 0 Å². The van der Waals surface area contributed by atoms with Crippen LogP contribution in [0.25, 0.3) is 11.0 Å². The zero-order valence-electron chi connectivity index (χ0n) is 15.8. The molecule has 0 radical (unpaired) electrons. The molecule has 3 aromatic rings. The molecule has 1 unspecified atom stereocenters. The van der Waals surface area contributed by atoms with Gasteiger partial charge in [0.1, 0.15) is 5.82 Å². The number of nitrogens with zero attached hydrogens (tertiary/aromatic N) is 3. The first-order valence-electron chi connectivity index (χ1n) is 9.74. The fourth-order valence-corrected chi connectivity index (χ4v) is 3.88. The molecule has 0 aliphatic carbocycles. The highest BCUT2D eigenvalue weighted by atomic mass is 16.2. The van der Waals surface area contributed by atoms with E-state index in [1.165, 1.54) is 0 Å². The standard InChI is InChI=1S/C22H26N4O/c1-2-18(17-8-4-3-5-9-17)22(27)26-14-12-25(13-15-26)16-21-23-19-10-6-7-11-20(19)24-21/h3-11,18H,2,12-16H2,1H3,(H,23,24). The first kappa shape index (κ1) is 17.7. The van der Waals surface area contributed by atoms with Crippen LogP contribution in [-0.4, -0.2) is 51.9 Å². The average Bonchev–Trinajstić information content (AvgIpc) is 3.12. The minimum Gasteiger partial charge on any atom is -0.341 e. The van der Waals surface area contributed by atoms with Crippen LogP contribution >= 0.6 is 0 Å². The van der Waals surface area contributed by atoms with Gasteiger partial charge in [-0.2, -0.15) is 0 Å². The van der Waals surface area contributed by atoms with Gasteiger partial charge in [0.2, 0.25) is 5.91 Å². The lowest BCUT2D eigenvalue weighted by atomic mass is 9.95. The number of aromatic nitrogens is 2. The summed E-state index contributed by atoms with van der Waals surface area (Å²) in [4.78, 5) is 25.4. The van der Waals surface area contributed by atoms with Gasteiger partial charge in [-0.05, 0) is 24.1 Å². The lowest BCUT2D eigenvalue weighted by Gasteiger charge is -2.36. The zero-order chi connectivity index (χ0) is 18.6. The molecule has 0 bridgehead atoms. The Balaban J connectivity index is 1.36. The van der Waals surface area contributed by atoms with E-state index >= 15 is 0 Å². The fraction of sp³-hybridized carbons (Fsp3) is 0.364. The third-order valence-electron chi connectivity index (χ3n) is 5.40. The molecular weight excluding hydrogens is 336 g/mol. The second-order valence-electron chi connectivity index (χ2n) is 7.17. The highest BCUT2D eigenvalue weighted by Gasteiger charge is 2.27. The maximum atomic E-state index is 13.0. The van der Waals surface area contributed by atoms with Crippen LogP contribution < -0.4 is 0 Å². The maximum absolute atomic E-state index is 13.0. The van der Waals surface area contributed by atoms with Crippen molar-refractivity contribution in [1.82, 2.24) is 19.8 Å². The average molecular weight is 362 g/mol. The van der Waals surface area contributed by atoms with Gasteiger partial charge in [-0.25, -0.2) is 4.98 Å². The van der Waals surface area contributed by atoms with E-state index in [9.17, 15) is 4.79 Å². The lowest BCUT2D eigenvalue weighted by Crippen LogP contribution is -2.49. The first-order chi connectivity index (χ1) is 13.2. The number of hydrogen-bond acceptors (Lipinski definition) is 3. The number of carbonyl (C=O) groups is 1. The van der Waals surface area contributed by atoms with E-state index < -0.39 is 0 Å². The Kier molecular flexibility index (Phi) is 5.21. The summed E-state index contributed by atoms with van der Waals surface area (Å²) in [5, 5.41) is 0. The van der Waals surface area contributed by atoms with Crippen molar-refractivity contribution in [1.29, 1.82) is 0 Å². The van der Waals surface area contributed by atoms with E-state index in [4.69, 9.17) is 0 Å². The lowest BCUT2D eigenvalue weighted by molar-refractivity contribution is -0.134. The van der Waals surface area contributed by atoms with Gasteiger partial charge in [-0.15, -0.1) is 0 Å². The number of piperazine rings is 1. The Bertz CT molecular complexity index is 864. The second-order valence-corrected chi connectivity index (χ2v) is 7.17. The molecule has 1 aliphatic rings. The third kappa shape index (κ3) is 3.88. The Labute approximate surface area is 160 Å². The maximum Gasteiger partial charge on any atom is 0.230 e. The summed E-state index contributed by atoms with van der Waals surface area (Å²) in [6.07, 6.45) is 0.835. The fourth-order valence-electron chi connectivity index (χ4n) is 3.88. The smallest absolute Gasteiger partial charge is 0.230 e. The van der Waals surface area contributed by atoms with Crippen molar-refractivity contribution in [2.45, 2.75) is 25.8 Å². The molecule has 5 heteroatoms. The number of carbonyl (C=O) groups excluding carboxylic acids is 1. The number of imidazole rings is 1. The van der Waals surface area contributed by atoms with Gasteiger partial charge in [0.15, 0.2) is 0 Å². The van der Waals surface area contributed by atoms with Crippen molar-refractivity contribution in [3.8, 4) is 0 Å². The van der Waals surface area contributed by atoms with E-state index in [0.717, 1.165) is 61.6 Å². The van der Waals surface area contributed by atoms with Crippen molar-refractivity contribution >= 4 is 16.9 Å². The number of nitrogens with one attached hydrogen (secondary N) is 1. The molecule has 4 rings (SSSR count). The quantitative estimate of drug-likeness (QED) is 0.757. The van der Waals surface area contributed by atoms with Crippen LogP contribution in [-0.2, 0) is 11.3 Å². The number of fused-ring (bicyclic) bond motifs is 1. The van der Waals surface area contributed by atoms with Gasteiger partial charge in [-0.1, -0.05) is 49.4 Å². The Hall–Kier alpha value is -2.66. The highest BCUT2D eigenvalue weighted by molar-refractivity contribution is 5.83. The van der Waals surface area contributed by atoms with E-state index in [1.54, 1.807) is 0 Å². The largest absolute Gasteiger partial charge is 0.341 e. The molecule has 140 valence electrons. The van der Waals surface area contributed by atoms with E-state index in [2.05, 4.69) is 40.0 Å². The number of hydrogen-bond donors (Lipinski definition) is 1. The molecular formula is C22H26N4O. The monoisotopic (exact) mass is 362 g/mol. The Morgan fingerprint density at radius 3 is 2.44 bits per heavy atom. The summed E-state index contributed by atoms with van der Waals surface area (Å²) in [6, 6.07) is 18.2. The molecule has 2 aromatic carbocycles. The number of para-hydroxylation sites is 2. The number of benzene rings is 2. The van der Waals surface area contributed by atoms with Crippen LogP contribution in [0.5, 0.6) is 0 Å². The number of rotatable bonds is 5. The van der Waals surface area contributed by atoms with Crippen LogP contribution in [0.3, 0.4) is 0 Å². The van der Waals surface area contributed by atoms with Crippen molar-refractivity contribution in [2.75, 3.05) is 26.2 Å². The predicted octanol–water partition coefficient (Wildman–Crippen LogP) is 3.40. The predicted molar refractivity (Wildman–Crippen MR) is 107 cm³/mol. The molecule has 1 aromatic heterocycles. The first-order valence-corrected chi connectivity index (χ1v) is 9.74. The van der Waals surface area contributed by atoms with Gasteiger partial charge in [0.05, 0.1) is 23.5 Å². The molecule has 1 atom stereocenters. The van der Waals surface area contributed by atoms with Crippen LogP contribution in [0.4, 0.5) is 0 Å². The van der Waals surface area contributed by atoms with Crippen molar-refractivity contribution in [3.05, 3.63) is 66.0 Å². The van der Waals surface area contributed by atoms with Crippen LogP contribution in [0, 0.1) is 0 Å². The van der Waals surface area contributed by atoms with Gasteiger partial charge in [-0.3, -0.25) is 9.69 Å². The molecule has 27 heavy (non-hydrogen) atoms. The van der Waals surface area contributed by atoms with E-state index in [1.807, 2.05) is 41.3 Å². The summed E-state index contributed by atoms with van der Waals surface area (Å²) < 4.78 is 0. The number of aromatic amines is 1. The Morgan fingerprint density at radius 1 is 1.04 bits per heavy atom. The molecule has 1 fully saturated rings. The van der Waals surface area contributed by atoms with Gasteiger partial charge in [0.25, 0.3) is 0 Å². The van der Waals surface area contributed by atoms with Crippen LogP contribution in [0.1, 0.15) is 30.7 Å². The second kappa shape index (κ2) is 7.92. The van der Waals surface area contributed by atoms with Gasteiger partial charge < -0.3 is 9.88 Å². The minimum atomic E-state index is -0.0341. The molecule has 0 spiro atoms. The van der Waals surface area contributed by atoms with Gasteiger partial charge in [0, 0.05) is 26.2 Å². The summed E-state index contributed by atoms with van der Waals surface area (Å²) in [6.45, 7) is 6.22.